The first-order chi connectivity index (χ1) is 10.6. The van der Waals surface area contributed by atoms with Gasteiger partial charge >= 0.3 is 5.97 Å². The van der Waals surface area contributed by atoms with Gasteiger partial charge in [-0.2, -0.15) is 5.10 Å². The number of esters is 1. The Kier molecular flexibility index (Phi) is 4.38. The van der Waals surface area contributed by atoms with Crippen molar-refractivity contribution in [3.05, 3.63) is 17.4 Å². The van der Waals surface area contributed by atoms with Crippen LogP contribution in [0.5, 0.6) is 0 Å². The highest BCUT2D eigenvalue weighted by Crippen LogP contribution is 2.45. The van der Waals surface area contributed by atoms with Crippen molar-refractivity contribution in [3.8, 4) is 0 Å². The fourth-order valence-electron chi connectivity index (χ4n) is 3.48. The van der Waals surface area contributed by atoms with E-state index in [2.05, 4.69) is 10.4 Å². The average molecular weight is 326 g/mol. The summed E-state index contributed by atoms with van der Waals surface area (Å²) < 4.78 is 7.24. The van der Waals surface area contributed by atoms with Crippen molar-refractivity contribution < 1.29 is 14.3 Å². The van der Waals surface area contributed by atoms with Gasteiger partial charge in [0.2, 0.25) is 5.91 Å². The number of amides is 1. The molecular formula is C15H20ClN3O3. The summed E-state index contributed by atoms with van der Waals surface area (Å²) in [5, 5.41) is 7.62. The molecule has 1 aromatic heterocycles. The van der Waals surface area contributed by atoms with E-state index in [0.717, 1.165) is 32.1 Å². The Bertz CT molecular complexity index is 566. The van der Waals surface area contributed by atoms with Crippen LogP contribution in [-0.2, 0) is 20.9 Å². The van der Waals surface area contributed by atoms with Crippen LogP contribution in [0.2, 0.25) is 5.02 Å². The van der Waals surface area contributed by atoms with Gasteiger partial charge in [-0.3, -0.25) is 14.3 Å². The summed E-state index contributed by atoms with van der Waals surface area (Å²) >= 11 is 5.79. The van der Waals surface area contributed by atoms with Crippen molar-refractivity contribution in [1.29, 1.82) is 0 Å². The topological polar surface area (TPSA) is 73.2 Å². The second kappa shape index (κ2) is 6.28. The van der Waals surface area contributed by atoms with E-state index in [1.54, 1.807) is 17.1 Å². The van der Waals surface area contributed by atoms with E-state index in [1.165, 1.54) is 0 Å². The minimum Gasteiger partial charge on any atom is -0.458 e. The summed E-state index contributed by atoms with van der Waals surface area (Å²) in [6.07, 6.45) is 7.98. The van der Waals surface area contributed by atoms with Crippen LogP contribution in [0.4, 0.5) is 0 Å². The predicted molar refractivity (Wildman–Crippen MR) is 80.3 cm³/mol. The molecule has 7 heteroatoms. The summed E-state index contributed by atoms with van der Waals surface area (Å²) in [5.74, 6) is -0.638. The Hall–Kier alpha value is -1.56. The number of rotatable bonds is 5. The third kappa shape index (κ3) is 3.11. The van der Waals surface area contributed by atoms with Gasteiger partial charge in [-0.25, -0.2) is 0 Å². The van der Waals surface area contributed by atoms with Crippen LogP contribution in [-0.4, -0.2) is 33.8 Å². The molecule has 1 amide bonds. The van der Waals surface area contributed by atoms with E-state index in [-0.39, 0.29) is 24.2 Å². The molecule has 6 nitrogen and oxygen atoms in total. The van der Waals surface area contributed by atoms with E-state index < -0.39 is 5.60 Å². The highest BCUT2D eigenvalue weighted by Gasteiger charge is 2.53. The molecule has 1 spiro atoms. The molecule has 0 unspecified atom stereocenters. The Morgan fingerprint density at radius 1 is 1.50 bits per heavy atom. The maximum absolute atomic E-state index is 12.4. The maximum Gasteiger partial charge on any atom is 0.307 e. The molecule has 1 N–H and O–H groups in total. The Labute approximate surface area is 134 Å². The molecular weight excluding hydrogens is 306 g/mol. The summed E-state index contributed by atoms with van der Waals surface area (Å²) in [6.45, 7) is 1.25. The number of carbonyl (C=O) groups is 2. The lowest BCUT2D eigenvalue weighted by Gasteiger charge is -2.27. The Morgan fingerprint density at radius 3 is 2.95 bits per heavy atom. The molecule has 1 aliphatic heterocycles. The van der Waals surface area contributed by atoms with Crippen molar-refractivity contribution in [2.24, 2.45) is 5.92 Å². The van der Waals surface area contributed by atoms with Crippen LogP contribution in [0.1, 0.15) is 38.5 Å². The highest BCUT2D eigenvalue weighted by molar-refractivity contribution is 6.30. The van der Waals surface area contributed by atoms with Crippen LogP contribution in [0.3, 0.4) is 0 Å². The normalized spacial score (nSPS) is 23.0. The Balaban J connectivity index is 1.48. The lowest BCUT2D eigenvalue weighted by molar-refractivity contribution is -0.149. The average Bonchev–Trinajstić information content (AvgIpc) is 3.18. The molecule has 2 heterocycles. The SMILES string of the molecule is O=C1C[C@@H](C(=O)NCCCn2cc(Cl)cn2)C2(CCCC2)O1. The monoisotopic (exact) mass is 325 g/mol. The van der Waals surface area contributed by atoms with Gasteiger partial charge in [0.1, 0.15) is 5.60 Å². The first-order valence-electron chi connectivity index (χ1n) is 7.77. The summed E-state index contributed by atoms with van der Waals surface area (Å²) in [4.78, 5) is 24.0. The van der Waals surface area contributed by atoms with Crippen molar-refractivity contribution in [3.63, 3.8) is 0 Å². The van der Waals surface area contributed by atoms with Crippen molar-refractivity contribution >= 4 is 23.5 Å². The predicted octanol–water partition coefficient (Wildman–Crippen LogP) is 1.92. The lowest BCUT2D eigenvalue weighted by atomic mass is 9.85. The number of nitrogens with one attached hydrogen (secondary N) is 1. The van der Waals surface area contributed by atoms with E-state index in [9.17, 15) is 9.59 Å². The highest BCUT2D eigenvalue weighted by atomic mass is 35.5. The minimum atomic E-state index is -0.531. The van der Waals surface area contributed by atoms with Gasteiger partial charge in [0.05, 0.1) is 23.6 Å². The number of aryl methyl sites for hydroxylation is 1. The fraction of sp³-hybridized carbons (Fsp3) is 0.667. The largest absolute Gasteiger partial charge is 0.458 e. The number of hydrogen-bond acceptors (Lipinski definition) is 4. The first-order valence-corrected chi connectivity index (χ1v) is 8.14. The van der Waals surface area contributed by atoms with Gasteiger partial charge in [-0.1, -0.05) is 11.6 Å². The van der Waals surface area contributed by atoms with E-state index in [1.807, 2.05) is 0 Å². The third-order valence-corrected chi connectivity index (χ3v) is 4.75. The van der Waals surface area contributed by atoms with Crippen molar-refractivity contribution in [2.45, 2.75) is 50.7 Å². The number of carbonyl (C=O) groups excluding carboxylic acids is 2. The molecule has 1 aliphatic carbocycles. The van der Waals surface area contributed by atoms with Gasteiger partial charge < -0.3 is 10.1 Å². The van der Waals surface area contributed by atoms with E-state index in [0.29, 0.717) is 18.1 Å². The molecule has 0 radical (unpaired) electrons. The summed E-state index contributed by atoms with van der Waals surface area (Å²) in [7, 11) is 0. The van der Waals surface area contributed by atoms with Crippen molar-refractivity contribution in [1.82, 2.24) is 15.1 Å². The fourth-order valence-corrected chi connectivity index (χ4v) is 3.64. The van der Waals surface area contributed by atoms with E-state index in [4.69, 9.17) is 16.3 Å². The van der Waals surface area contributed by atoms with Crippen LogP contribution in [0.25, 0.3) is 0 Å². The van der Waals surface area contributed by atoms with Crippen LogP contribution in [0, 0.1) is 5.92 Å². The van der Waals surface area contributed by atoms with Gasteiger partial charge in [0.15, 0.2) is 0 Å². The molecule has 2 aliphatic rings. The van der Waals surface area contributed by atoms with Gasteiger partial charge in [0, 0.05) is 19.3 Å². The van der Waals surface area contributed by atoms with Gasteiger partial charge in [-0.15, -0.1) is 0 Å². The molecule has 22 heavy (non-hydrogen) atoms. The number of hydrogen-bond donors (Lipinski definition) is 1. The minimum absolute atomic E-state index is 0.0637. The molecule has 0 aromatic carbocycles. The molecule has 2 fully saturated rings. The smallest absolute Gasteiger partial charge is 0.307 e. The lowest BCUT2D eigenvalue weighted by Crippen LogP contribution is -2.43. The zero-order valence-electron chi connectivity index (χ0n) is 12.4. The first kappa shape index (κ1) is 15.3. The third-order valence-electron chi connectivity index (χ3n) is 4.55. The number of ether oxygens (including phenoxy) is 1. The molecule has 1 aromatic rings. The van der Waals surface area contributed by atoms with Gasteiger partial charge in [-0.05, 0) is 32.1 Å². The second-order valence-corrected chi connectivity index (χ2v) is 6.51. The van der Waals surface area contributed by atoms with Crippen molar-refractivity contribution in [2.75, 3.05) is 6.54 Å². The van der Waals surface area contributed by atoms with Gasteiger partial charge in [0.25, 0.3) is 0 Å². The second-order valence-electron chi connectivity index (χ2n) is 6.07. The molecule has 120 valence electrons. The number of halogens is 1. The van der Waals surface area contributed by atoms with Crippen LogP contribution in [0.15, 0.2) is 12.4 Å². The summed E-state index contributed by atoms with van der Waals surface area (Å²) in [5.41, 5.74) is -0.531. The molecule has 0 bridgehead atoms. The molecule has 1 saturated heterocycles. The maximum atomic E-state index is 12.4. The number of nitrogens with zero attached hydrogens (tertiary/aromatic N) is 2. The zero-order valence-corrected chi connectivity index (χ0v) is 13.1. The Morgan fingerprint density at radius 2 is 2.27 bits per heavy atom. The number of aromatic nitrogens is 2. The molecule has 3 rings (SSSR count). The molecule has 1 saturated carbocycles. The summed E-state index contributed by atoms with van der Waals surface area (Å²) in [6, 6.07) is 0. The standard InChI is InChI=1S/C15H20ClN3O3/c16-11-9-18-19(10-11)7-3-6-17-14(21)12-8-13(20)22-15(12)4-1-2-5-15/h9-10,12H,1-8H2,(H,17,21)/t12-/m0/s1. The van der Waals surface area contributed by atoms with Crippen LogP contribution >= 0.6 is 11.6 Å². The zero-order chi connectivity index (χ0) is 15.6. The quantitative estimate of drug-likeness (QED) is 0.663. The van der Waals surface area contributed by atoms with E-state index >= 15 is 0 Å². The molecule has 1 atom stereocenters. The van der Waals surface area contributed by atoms with Crippen LogP contribution < -0.4 is 5.32 Å².